The van der Waals surface area contributed by atoms with Crippen LogP contribution in [0.5, 0.6) is 0 Å². The summed E-state index contributed by atoms with van der Waals surface area (Å²) in [5.74, 6) is 2.17. The summed E-state index contributed by atoms with van der Waals surface area (Å²) in [6.07, 6.45) is 6.62. The number of carbonyl (C=O) groups is 3. The zero-order valence-electron chi connectivity index (χ0n) is 17.7. The van der Waals surface area contributed by atoms with Crippen molar-refractivity contribution in [1.82, 2.24) is 0 Å². The Bertz CT molecular complexity index is 616. The Balaban J connectivity index is 1.59. The molecule has 0 amide bonds. The van der Waals surface area contributed by atoms with Crippen LogP contribution in [0.3, 0.4) is 0 Å². The summed E-state index contributed by atoms with van der Waals surface area (Å²) in [4.78, 5) is 37.1. The van der Waals surface area contributed by atoms with Crippen LogP contribution >= 0.6 is 0 Å². The third kappa shape index (κ3) is 3.86. The maximum absolute atomic E-state index is 13.0. The van der Waals surface area contributed by atoms with Gasteiger partial charge in [-0.25, -0.2) is 0 Å². The van der Waals surface area contributed by atoms with Crippen molar-refractivity contribution < 1.29 is 19.1 Å². The molecule has 0 saturated heterocycles. The first kappa shape index (κ1) is 20.5. The van der Waals surface area contributed by atoms with Crippen LogP contribution in [0.1, 0.15) is 79.6 Å². The Labute approximate surface area is 163 Å². The maximum Gasteiger partial charge on any atom is 0.311 e. The van der Waals surface area contributed by atoms with Crippen molar-refractivity contribution >= 4 is 17.5 Å². The van der Waals surface area contributed by atoms with Gasteiger partial charge in [0.1, 0.15) is 11.6 Å². The van der Waals surface area contributed by atoms with Crippen molar-refractivity contribution in [2.75, 3.05) is 6.61 Å². The smallest absolute Gasteiger partial charge is 0.311 e. The van der Waals surface area contributed by atoms with Crippen LogP contribution in [-0.2, 0) is 19.1 Å². The van der Waals surface area contributed by atoms with Gasteiger partial charge in [0.05, 0.1) is 12.0 Å². The number of fused-ring (bicyclic) bond motifs is 3. The predicted molar refractivity (Wildman–Crippen MR) is 104 cm³/mol. The number of carbonyl (C=O) groups excluding carboxylic acids is 3. The third-order valence-corrected chi connectivity index (χ3v) is 7.77. The summed E-state index contributed by atoms with van der Waals surface area (Å²) in [6.45, 7) is 9.96. The van der Waals surface area contributed by atoms with Crippen molar-refractivity contribution in [2.45, 2.75) is 79.6 Å². The fourth-order valence-corrected chi connectivity index (χ4v) is 6.33. The lowest BCUT2D eigenvalue weighted by molar-refractivity contribution is -0.154. The minimum Gasteiger partial charge on any atom is -0.465 e. The quantitative estimate of drug-likeness (QED) is 0.673. The molecule has 0 unspecified atom stereocenters. The zero-order valence-corrected chi connectivity index (χ0v) is 17.7. The van der Waals surface area contributed by atoms with E-state index in [9.17, 15) is 14.4 Å². The molecular formula is C23H36O4. The van der Waals surface area contributed by atoms with E-state index in [1.165, 1.54) is 0 Å². The molecule has 0 bridgehead atoms. The first-order valence-electron chi connectivity index (χ1n) is 10.7. The highest BCUT2D eigenvalue weighted by molar-refractivity contribution is 5.86. The lowest BCUT2D eigenvalue weighted by atomic mass is 9.53. The van der Waals surface area contributed by atoms with E-state index in [2.05, 4.69) is 6.92 Å². The van der Waals surface area contributed by atoms with Gasteiger partial charge in [-0.05, 0) is 83.0 Å². The van der Waals surface area contributed by atoms with E-state index < -0.39 is 5.41 Å². The van der Waals surface area contributed by atoms with E-state index in [1.54, 1.807) is 6.92 Å². The first-order chi connectivity index (χ1) is 12.5. The van der Waals surface area contributed by atoms with Gasteiger partial charge >= 0.3 is 5.97 Å². The van der Waals surface area contributed by atoms with E-state index in [0.717, 1.165) is 38.5 Å². The molecule has 3 rings (SSSR count). The fourth-order valence-electron chi connectivity index (χ4n) is 6.33. The highest BCUT2D eigenvalue weighted by atomic mass is 16.5. The molecule has 0 heterocycles. The number of ether oxygens (including phenoxy) is 1. The molecule has 0 aromatic carbocycles. The molecule has 6 atom stereocenters. The second-order valence-corrected chi connectivity index (χ2v) is 10.6. The van der Waals surface area contributed by atoms with E-state index in [1.807, 2.05) is 20.8 Å². The average Bonchev–Trinajstić information content (AvgIpc) is 2.91. The van der Waals surface area contributed by atoms with Gasteiger partial charge in [0.2, 0.25) is 0 Å². The largest absolute Gasteiger partial charge is 0.465 e. The zero-order chi connectivity index (χ0) is 20.0. The van der Waals surface area contributed by atoms with Crippen molar-refractivity contribution in [2.24, 2.45) is 40.4 Å². The van der Waals surface area contributed by atoms with Gasteiger partial charge in [0, 0.05) is 18.3 Å². The Morgan fingerprint density at radius 1 is 1.15 bits per heavy atom. The van der Waals surface area contributed by atoms with E-state index in [-0.39, 0.29) is 29.0 Å². The highest BCUT2D eigenvalue weighted by Gasteiger charge is 2.58. The van der Waals surface area contributed by atoms with Gasteiger partial charge in [0.25, 0.3) is 0 Å². The van der Waals surface area contributed by atoms with Crippen molar-refractivity contribution in [3.63, 3.8) is 0 Å². The second-order valence-electron chi connectivity index (χ2n) is 10.6. The molecule has 0 aromatic heterocycles. The molecule has 3 fully saturated rings. The molecule has 4 heteroatoms. The first-order valence-corrected chi connectivity index (χ1v) is 10.7. The molecule has 0 N–H and O–H groups in total. The van der Waals surface area contributed by atoms with Crippen LogP contribution in [0.15, 0.2) is 0 Å². The standard InChI is InChI=1S/C23H36O4/c1-14(24)18-8-9-19-16-7-6-15(10-11-27-21(26)22(2,3)4)12-17(16)20(25)13-23(18,19)5/h15-19H,6-13H2,1-5H3/t15-,16+,17+,18+,19-,23+/m0/s1. The number of hydrogen-bond donors (Lipinski definition) is 0. The van der Waals surface area contributed by atoms with Gasteiger partial charge in [0.15, 0.2) is 0 Å². The lowest BCUT2D eigenvalue weighted by Gasteiger charge is -2.50. The van der Waals surface area contributed by atoms with E-state index in [4.69, 9.17) is 4.74 Å². The Kier molecular flexibility index (Phi) is 5.58. The van der Waals surface area contributed by atoms with Gasteiger partial charge in [-0.1, -0.05) is 13.3 Å². The highest BCUT2D eigenvalue weighted by Crippen LogP contribution is 2.61. The number of hydrogen-bond acceptors (Lipinski definition) is 4. The van der Waals surface area contributed by atoms with E-state index in [0.29, 0.717) is 36.6 Å². The SMILES string of the molecule is CC(=O)[C@H]1CC[C@H]2[C@@H]3CC[C@@H](CCOC(=O)C(C)(C)C)C[C@H]3C(=O)C[C@]12C. The van der Waals surface area contributed by atoms with Gasteiger partial charge in [-0.3, -0.25) is 14.4 Å². The monoisotopic (exact) mass is 376 g/mol. The molecule has 0 radical (unpaired) electrons. The fraction of sp³-hybridized carbons (Fsp3) is 0.870. The molecule has 3 saturated carbocycles. The van der Waals surface area contributed by atoms with Crippen LogP contribution in [-0.4, -0.2) is 24.1 Å². The number of ketones is 2. The maximum atomic E-state index is 13.0. The summed E-state index contributed by atoms with van der Waals surface area (Å²) < 4.78 is 5.44. The molecular weight excluding hydrogens is 340 g/mol. The number of esters is 1. The third-order valence-electron chi connectivity index (χ3n) is 7.77. The molecule has 3 aliphatic rings. The van der Waals surface area contributed by atoms with Gasteiger partial charge < -0.3 is 4.74 Å². The molecule has 27 heavy (non-hydrogen) atoms. The lowest BCUT2D eigenvalue weighted by Crippen LogP contribution is -2.49. The summed E-state index contributed by atoms with van der Waals surface area (Å²) >= 11 is 0. The van der Waals surface area contributed by atoms with Crippen LogP contribution < -0.4 is 0 Å². The Hall–Kier alpha value is -1.19. The topological polar surface area (TPSA) is 60.4 Å². The van der Waals surface area contributed by atoms with Gasteiger partial charge in [-0.2, -0.15) is 0 Å². The Morgan fingerprint density at radius 3 is 2.48 bits per heavy atom. The molecule has 4 nitrogen and oxygen atoms in total. The van der Waals surface area contributed by atoms with Crippen LogP contribution in [0.25, 0.3) is 0 Å². The Morgan fingerprint density at radius 2 is 1.85 bits per heavy atom. The van der Waals surface area contributed by atoms with Crippen molar-refractivity contribution in [3.05, 3.63) is 0 Å². The summed E-state index contributed by atoms with van der Waals surface area (Å²) in [5.41, 5.74) is -0.573. The number of rotatable bonds is 4. The van der Waals surface area contributed by atoms with Crippen molar-refractivity contribution in [1.29, 1.82) is 0 Å². The summed E-state index contributed by atoms with van der Waals surface area (Å²) in [7, 11) is 0. The van der Waals surface area contributed by atoms with Gasteiger partial charge in [-0.15, -0.1) is 0 Å². The minimum atomic E-state index is -0.461. The molecule has 0 spiro atoms. The van der Waals surface area contributed by atoms with E-state index >= 15 is 0 Å². The number of Topliss-reactive ketones (excluding diaryl/α,β-unsaturated/α-hetero) is 2. The summed E-state index contributed by atoms with van der Waals surface area (Å²) in [5, 5.41) is 0. The van der Waals surface area contributed by atoms with Crippen LogP contribution in [0.4, 0.5) is 0 Å². The molecule has 152 valence electrons. The minimum absolute atomic E-state index is 0.0712. The average molecular weight is 377 g/mol. The molecule has 0 aromatic rings. The normalized spacial score (nSPS) is 38.9. The predicted octanol–water partition coefficient (Wildman–Crippen LogP) is 4.59. The molecule has 3 aliphatic carbocycles. The van der Waals surface area contributed by atoms with Crippen molar-refractivity contribution in [3.8, 4) is 0 Å². The summed E-state index contributed by atoms with van der Waals surface area (Å²) in [6, 6.07) is 0. The molecule has 0 aliphatic heterocycles. The second kappa shape index (κ2) is 7.33. The van der Waals surface area contributed by atoms with Crippen LogP contribution in [0, 0.1) is 40.4 Å². The van der Waals surface area contributed by atoms with Crippen LogP contribution in [0.2, 0.25) is 0 Å².